The number of nitrogens with zero attached hydrogens (tertiary/aromatic N) is 3. The lowest BCUT2D eigenvalue weighted by Gasteiger charge is -2.23. The number of nitrogens with one attached hydrogen (secondary N) is 2. The van der Waals surface area contributed by atoms with Crippen LogP contribution >= 0.6 is 0 Å². The third-order valence-corrected chi connectivity index (χ3v) is 5.54. The van der Waals surface area contributed by atoms with Crippen molar-refractivity contribution in [3.05, 3.63) is 51.9 Å². The van der Waals surface area contributed by atoms with Crippen LogP contribution in [0.25, 0.3) is 16.7 Å². The average molecular weight is 395 g/mol. The van der Waals surface area contributed by atoms with Gasteiger partial charge in [0.05, 0.1) is 10.9 Å². The first-order chi connectivity index (χ1) is 14.1. The Morgan fingerprint density at radius 2 is 2.07 bits per heavy atom. The van der Waals surface area contributed by atoms with Crippen molar-refractivity contribution in [2.24, 2.45) is 0 Å². The Balaban J connectivity index is 1.88. The van der Waals surface area contributed by atoms with Gasteiger partial charge in [-0.3, -0.25) is 19.4 Å². The maximum absolute atomic E-state index is 13.1. The van der Waals surface area contributed by atoms with E-state index in [9.17, 15) is 14.7 Å². The zero-order chi connectivity index (χ0) is 20.4. The molecule has 3 aromatic rings. The standard InChI is InChI=1S/C21H25N5O3/c22-18-15(20(28)23-14-7-2-1-3-8-14)13-16-19(26(18)11-6-12-27)24-17-9-4-5-10-25(17)21(16)29/h4-5,9-10,13-14,22,27H,1-3,6-8,11-12H2,(H,23,28). The van der Waals surface area contributed by atoms with Gasteiger partial charge in [0.2, 0.25) is 0 Å². The zero-order valence-corrected chi connectivity index (χ0v) is 16.2. The van der Waals surface area contributed by atoms with E-state index in [0.29, 0.717) is 24.3 Å². The van der Waals surface area contributed by atoms with Crippen molar-refractivity contribution in [1.82, 2.24) is 19.3 Å². The fraction of sp³-hybridized carbons (Fsp3) is 0.429. The van der Waals surface area contributed by atoms with Crippen LogP contribution < -0.4 is 16.4 Å². The minimum atomic E-state index is -0.334. The van der Waals surface area contributed by atoms with E-state index in [1.165, 1.54) is 16.9 Å². The number of amides is 1. The molecule has 1 amide bonds. The normalized spacial score (nSPS) is 15.1. The summed E-state index contributed by atoms with van der Waals surface area (Å²) < 4.78 is 2.99. The molecule has 0 spiro atoms. The number of carbonyl (C=O) groups excluding carboxylic acids is 1. The van der Waals surface area contributed by atoms with Crippen LogP contribution in [0, 0.1) is 5.41 Å². The van der Waals surface area contributed by atoms with Gasteiger partial charge in [0, 0.05) is 25.4 Å². The van der Waals surface area contributed by atoms with Crippen molar-refractivity contribution in [2.75, 3.05) is 6.61 Å². The van der Waals surface area contributed by atoms with Crippen LogP contribution in [-0.4, -0.2) is 37.6 Å². The SMILES string of the molecule is N=c1c(C(=O)NC2CCCCC2)cc2c(=O)n3ccccc3nc2n1CCCO. The number of fused-ring (bicyclic) bond motifs is 2. The topological polar surface area (TPSA) is 112 Å². The van der Waals surface area contributed by atoms with E-state index in [4.69, 9.17) is 5.41 Å². The van der Waals surface area contributed by atoms with Gasteiger partial charge in [0.1, 0.15) is 16.8 Å². The van der Waals surface area contributed by atoms with Gasteiger partial charge >= 0.3 is 0 Å². The molecule has 8 heteroatoms. The Hall–Kier alpha value is -3.00. The molecule has 0 unspecified atom stereocenters. The lowest BCUT2D eigenvalue weighted by molar-refractivity contribution is 0.0925. The number of aliphatic hydroxyl groups excluding tert-OH is 1. The van der Waals surface area contributed by atoms with E-state index in [-0.39, 0.29) is 40.6 Å². The van der Waals surface area contributed by atoms with E-state index in [1.54, 1.807) is 29.0 Å². The van der Waals surface area contributed by atoms with Crippen molar-refractivity contribution in [3.8, 4) is 0 Å². The maximum atomic E-state index is 13.1. The second-order valence-electron chi connectivity index (χ2n) is 7.53. The summed E-state index contributed by atoms with van der Waals surface area (Å²) in [5, 5.41) is 21.2. The van der Waals surface area contributed by atoms with E-state index in [0.717, 1.165) is 25.7 Å². The number of aryl methyl sites for hydroxylation is 1. The van der Waals surface area contributed by atoms with Gasteiger partial charge in [-0.15, -0.1) is 0 Å². The Morgan fingerprint density at radius 3 is 2.83 bits per heavy atom. The van der Waals surface area contributed by atoms with E-state index >= 15 is 0 Å². The summed E-state index contributed by atoms with van der Waals surface area (Å²) in [6.45, 7) is 0.241. The van der Waals surface area contributed by atoms with Crippen LogP contribution in [0.2, 0.25) is 0 Å². The molecule has 3 aromatic heterocycles. The van der Waals surface area contributed by atoms with Crippen LogP contribution in [0.4, 0.5) is 0 Å². The van der Waals surface area contributed by atoms with Gasteiger partial charge < -0.3 is 15.0 Å². The van der Waals surface area contributed by atoms with Crippen LogP contribution in [0.15, 0.2) is 35.3 Å². The molecule has 0 radical (unpaired) electrons. The molecule has 3 N–H and O–H groups in total. The number of rotatable bonds is 5. The number of hydrogen-bond donors (Lipinski definition) is 3. The smallest absolute Gasteiger partial charge is 0.267 e. The monoisotopic (exact) mass is 395 g/mol. The molecule has 1 fully saturated rings. The highest BCUT2D eigenvalue weighted by Gasteiger charge is 2.21. The van der Waals surface area contributed by atoms with Gasteiger partial charge in [-0.2, -0.15) is 0 Å². The quantitative estimate of drug-likeness (QED) is 0.569. The largest absolute Gasteiger partial charge is 0.396 e. The summed E-state index contributed by atoms with van der Waals surface area (Å²) in [7, 11) is 0. The molecule has 8 nitrogen and oxygen atoms in total. The first kappa shape index (κ1) is 19.3. The van der Waals surface area contributed by atoms with Crippen molar-refractivity contribution in [2.45, 2.75) is 51.1 Å². The Bertz CT molecular complexity index is 1170. The van der Waals surface area contributed by atoms with Crippen LogP contribution in [0.3, 0.4) is 0 Å². The molecular weight excluding hydrogens is 370 g/mol. The van der Waals surface area contributed by atoms with Crippen LogP contribution in [-0.2, 0) is 6.54 Å². The van der Waals surface area contributed by atoms with Crippen molar-refractivity contribution < 1.29 is 9.90 Å². The highest BCUT2D eigenvalue weighted by molar-refractivity contribution is 5.97. The first-order valence-electron chi connectivity index (χ1n) is 10.1. The van der Waals surface area contributed by atoms with Gasteiger partial charge in [-0.1, -0.05) is 25.3 Å². The summed E-state index contributed by atoms with van der Waals surface area (Å²) in [5.74, 6) is -0.334. The second kappa shape index (κ2) is 8.16. The number of aliphatic hydroxyl groups is 1. The Morgan fingerprint density at radius 1 is 1.28 bits per heavy atom. The fourth-order valence-corrected chi connectivity index (χ4v) is 4.02. The third-order valence-electron chi connectivity index (χ3n) is 5.54. The number of aromatic nitrogens is 3. The minimum absolute atomic E-state index is 0.00596. The van der Waals surface area contributed by atoms with Crippen molar-refractivity contribution in [1.29, 1.82) is 5.41 Å². The number of pyridine rings is 2. The molecule has 1 saturated carbocycles. The predicted octanol–water partition coefficient (Wildman–Crippen LogP) is 1.57. The van der Waals surface area contributed by atoms with Gasteiger partial charge in [0.15, 0.2) is 0 Å². The molecule has 29 heavy (non-hydrogen) atoms. The van der Waals surface area contributed by atoms with Gasteiger partial charge in [-0.05, 0) is 37.5 Å². The maximum Gasteiger partial charge on any atom is 0.267 e. The van der Waals surface area contributed by atoms with Gasteiger partial charge in [-0.25, -0.2) is 4.98 Å². The van der Waals surface area contributed by atoms with Crippen LogP contribution in [0.1, 0.15) is 48.9 Å². The number of hydrogen-bond acceptors (Lipinski definition) is 5. The highest BCUT2D eigenvalue weighted by Crippen LogP contribution is 2.18. The van der Waals surface area contributed by atoms with Gasteiger partial charge in [0.25, 0.3) is 11.5 Å². The average Bonchev–Trinajstić information content (AvgIpc) is 2.74. The number of carbonyl (C=O) groups is 1. The summed E-state index contributed by atoms with van der Waals surface area (Å²) in [6.07, 6.45) is 7.27. The lowest BCUT2D eigenvalue weighted by Crippen LogP contribution is -2.40. The van der Waals surface area contributed by atoms with E-state index in [2.05, 4.69) is 10.3 Å². The summed E-state index contributed by atoms with van der Waals surface area (Å²) in [4.78, 5) is 30.6. The fourth-order valence-electron chi connectivity index (χ4n) is 4.02. The molecular formula is C21H25N5O3. The Labute approximate surface area is 167 Å². The Kier molecular flexibility index (Phi) is 5.44. The molecule has 3 heterocycles. The molecule has 0 aromatic carbocycles. The van der Waals surface area contributed by atoms with E-state index in [1.807, 2.05) is 0 Å². The molecule has 1 aliphatic rings. The minimum Gasteiger partial charge on any atom is -0.396 e. The summed E-state index contributed by atoms with van der Waals surface area (Å²) in [6, 6.07) is 6.86. The van der Waals surface area contributed by atoms with Crippen molar-refractivity contribution >= 4 is 22.6 Å². The first-order valence-corrected chi connectivity index (χ1v) is 10.1. The molecule has 0 bridgehead atoms. The zero-order valence-electron chi connectivity index (χ0n) is 16.2. The summed E-state index contributed by atoms with van der Waals surface area (Å²) in [5.41, 5.74) is 0.715. The van der Waals surface area contributed by atoms with Crippen LogP contribution in [0.5, 0.6) is 0 Å². The molecule has 0 atom stereocenters. The van der Waals surface area contributed by atoms with E-state index < -0.39 is 0 Å². The van der Waals surface area contributed by atoms with Crippen molar-refractivity contribution in [3.63, 3.8) is 0 Å². The summed E-state index contributed by atoms with van der Waals surface area (Å²) >= 11 is 0. The third kappa shape index (κ3) is 3.67. The molecule has 152 valence electrons. The molecule has 0 saturated heterocycles. The second-order valence-corrected chi connectivity index (χ2v) is 7.53. The lowest BCUT2D eigenvalue weighted by atomic mass is 9.95. The molecule has 1 aliphatic carbocycles. The predicted molar refractivity (Wildman–Crippen MR) is 109 cm³/mol. The molecule has 0 aliphatic heterocycles. The highest BCUT2D eigenvalue weighted by atomic mass is 16.3. The molecule has 4 rings (SSSR count).